The molecule has 0 aliphatic rings. The predicted molar refractivity (Wildman–Crippen MR) is 55.3 cm³/mol. The van der Waals surface area contributed by atoms with Gasteiger partial charge in [-0.25, -0.2) is 4.21 Å². The van der Waals surface area contributed by atoms with Gasteiger partial charge in [0.15, 0.2) is 11.1 Å². The summed E-state index contributed by atoms with van der Waals surface area (Å²) in [6.07, 6.45) is 1.73. The summed E-state index contributed by atoms with van der Waals surface area (Å²) >= 11 is -1.92. The molecule has 0 fully saturated rings. The summed E-state index contributed by atoms with van der Waals surface area (Å²) in [7, 11) is 0. The molecule has 0 spiro atoms. The minimum absolute atomic E-state index is 0.00371. The summed E-state index contributed by atoms with van der Waals surface area (Å²) in [5.74, 6) is -0.466. The third-order valence-corrected chi connectivity index (χ3v) is 2.28. The summed E-state index contributed by atoms with van der Waals surface area (Å²) in [5, 5.41) is 0. The summed E-state index contributed by atoms with van der Waals surface area (Å²) in [6, 6.07) is 0. The zero-order chi connectivity index (χ0) is 11.2. The molecular weight excluding hydrogens is 204 g/mol. The highest BCUT2D eigenvalue weighted by Crippen LogP contribution is 2.17. The van der Waals surface area contributed by atoms with E-state index in [0.717, 1.165) is 12.8 Å². The monoisotopic (exact) mass is 222 g/mol. The lowest BCUT2D eigenvalue weighted by Gasteiger charge is -2.24. The van der Waals surface area contributed by atoms with Crippen molar-refractivity contribution in [1.29, 1.82) is 0 Å². The maximum atomic E-state index is 11.2. The van der Waals surface area contributed by atoms with Crippen molar-refractivity contribution in [2.24, 2.45) is 0 Å². The van der Waals surface area contributed by atoms with Gasteiger partial charge in [-0.2, -0.15) is 0 Å². The Bertz CT molecular complexity index is 213. The van der Waals surface area contributed by atoms with Crippen molar-refractivity contribution in [1.82, 2.24) is 0 Å². The summed E-state index contributed by atoms with van der Waals surface area (Å²) < 4.78 is 23.9. The fraction of sp³-hybridized carbons (Fsp3) is 0.889. The van der Waals surface area contributed by atoms with Gasteiger partial charge in [0.1, 0.15) is 5.60 Å². The second-order valence-corrected chi connectivity index (χ2v) is 4.81. The number of ether oxygens (including phenoxy) is 1. The van der Waals surface area contributed by atoms with Crippen LogP contribution in [0.4, 0.5) is 0 Å². The smallest absolute Gasteiger partial charge is 0.307 e. The third kappa shape index (κ3) is 7.03. The van der Waals surface area contributed by atoms with Crippen LogP contribution in [0.15, 0.2) is 0 Å². The summed E-state index contributed by atoms with van der Waals surface area (Å²) in [4.78, 5) is 11.2. The van der Waals surface area contributed by atoms with Crippen LogP contribution in [0.5, 0.6) is 0 Å². The molecule has 0 rings (SSSR count). The first-order valence-corrected chi connectivity index (χ1v) is 5.94. The van der Waals surface area contributed by atoms with Gasteiger partial charge in [0, 0.05) is 0 Å². The number of rotatable bonds is 6. The van der Waals surface area contributed by atoms with E-state index in [-0.39, 0.29) is 12.2 Å². The van der Waals surface area contributed by atoms with Crippen LogP contribution in [0.2, 0.25) is 0 Å². The van der Waals surface area contributed by atoms with Gasteiger partial charge in [-0.1, -0.05) is 13.3 Å². The van der Waals surface area contributed by atoms with E-state index in [0.29, 0.717) is 0 Å². The van der Waals surface area contributed by atoms with Crippen molar-refractivity contribution in [3.05, 3.63) is 0 Å². The Hall–Kier alpha value is -0.420. The molecule has 14 heavy (non-hydrogen) atoms. The molecule has 0 aliphatic heterocycles. The van der Waals surface area contributed by atoms with Crippen LogP contribution in [0.3, 0.4) is 0 Å². The van der Waals surface area contributed by atoms with Gasteiger partial charge in [0.25, 0.3) is 0 Å². The zero-order valence-electron chi connectivity index (χ0n) is 8.91. The average molecular weight is 222 g/mol. The second-order valence-electron chi connectivity index (χ2n) is 3.76. The van der Waals surface area contributed by atoms with Crippen molar-refractivity contribution in [3.8, 4) is 0 Å². The largest absolute Gasteiger partial charge is 0.460 e. The van der Waals surface area contributed by atoms with Crippen molar-refractivity contribution in [2.75, 3.05) is 5.75 Å². The van der Waals surface area contributed by atoms with E-state index < -0.39 is 22.7 Å². The number of carbonyl (C=O) groups excluding carboxylic acids is 1. The van der Waals surface area contributed by atoms with Gasteiger partial charge in [-0.15, -0.1) is 0 Å². The van der Waals surface area contributed by atoms with E-state index in [1.807, 2.05) is 20.8 Å². The summed E-state index contributed by atoms with van der Waals surface area (Å²) in [6.45, 7) is 5.69. The normalized spacial score (nSPS) is 13.7. The number of hydrogen-bond donors (Lipinski definition) is 1. The van der Waals surface area contributed by atoms with E-state index in [1.54, 1.807) is 0 Å². The maximum Gasteiger partial charge on any atom is 0.307 e. The first kappa shape index (κ1) is 13.6. The van der Waals surface area contributed by atoms with Gasteiger partial charge in [-0.05, 0) is 20.3 Å². The molecule has 0 amide bonds. The van der Waals surface area contributed by atoms with Crippen LogP contribution in [0.1, 0.15) is 40.0 Å². The van der Waals surface area contributed by atoms with Crippen LogP contribution in [0.25, 0.3) is 0 Å². The van der Waals surface area contributed by atoms with E-state index in [2.05, 4.69) is 0 Å². The van der Waals surface area contributed by atoms with Crippen LogP contribution < -0.4 is 0 Å². The highest BCUT2D eigenvalue weighted by atomic mass is 32.2. The van der Waals surface area contributed by atoms with E-state index in [9.17, 15) is 9.00 Å². The number of hydrogen-bond acceptors (Lipinski definition) is 3. The van der Waals surface area contributed by atoms with Gasteiger partial charge < -0.3 is 9.29 Å². The molecule has 1 N–H and O–H groups in total. The molecule has 0 aromatic heterocycles. The summed E-state index contributed by atoms with van der Waals surface area (Å²) in [5.41, 5.74) is -0.469. The van der Waals surface area contributed by atoms with Crippen molar-refractivity contribution in [3.63, 3.8) is 0 Å². The van der Waals surface area contributed by atoms with Crippen LogP contribution >= 0.6 is 0 Å². The standard InChI is InChI=1S/C9H18O4S/c1-4-6-9(2,3)13-8(10)5-7-14(11)12/h4-7H2,1-3H3,(H,11,12). The molecule has 5 heteroatoms. The Kier molecular flexibility index (Phi) is 5.95. The quantitative estimate of drug-likeness (QED) is 0.549. The van der Waals surface area contributed by atoms with Crippen molar-refractivity contribution >= 4 is 17.0 Å². The lowest BCUT2D eigenvalue weighted by Crippen LogP contribution is -2.28. The van der Waals surface area contributed by atoms with Crippen LogP contribution in [-0.4, -0.2) is 26.1 Å². The molecule has 0 saturated heterocycles. The fourth-order valence-electron chi connectivity index (χ4n) is 1.18. The Morgan fingerprint density at radius 3 is 2.50 bits per heavy atom. The molecule has 0 saturated carbocycles. The highest BCUT2D eigenvalue weighted by molar-refractivity contribution is 7.79. The lowest BCUT2D eigenvalue weighted by atomic mass is 10.0. The molecule has 0 radical (unpaired) electrons. The Labute approximate surface area is 87.3 Å². The highest BCUT2D eigenvalue weighted by Gasteiger charge is 2.21. The van der Waals surface area contributed by atoms with Crippen molar-refractivity contribution < 1.29 is 18.3 Å². The number of esters is 1. The molecule has 0 heterocycles. The third-order valence-electron chi connectivity index (χ3n) is 1.72. The Balaban J connectivity index is 3.86. The van der Waals surface area contributed by atoms with Gasteiger partial charge in [-0.3, -0.25) is 4.79 Å². The molecule has 4 nitrogen and oxygen atoms in total. The molecule has 0 aromatic rings. The molecule has 0 aromatic carbocycles. The minimum atomic E-state index is -1.92. The molecule has 0 bridgehead atoms. The topological polar surface area (TPSA) is 63.6 Å². The first-order chi connectivity index (χ1) is 6.37. The molecule has 0 aliphatic carbocycles. The average Bonchev–Trinajstić information content (AvgIpc) is 1.99. The van der Waals surface area contributed by atoms with E-state index >= 15 is 0 Å². The maximum absolute atomic E-state index is 11.2. The fourth-order valence-corrected chi connectivity index (χ4v) is 1.52. The molecule has 1 atom stereocenters. The second kappa shape index (κ2) is 6.14. The minimum Gasteiger partial charge on any atom is -0.460 e. The zero-order valence-corrected chi connectivity index (χ0v) is 9.73. The Morgan fingerprint density at radius 1 is 1.50 bits per heavy atom. The molecule has 84 valence electrons. The predicted octanol–water partition coefficient (Wildman–Crippen LogP) is 1.72. The van der Waals surface area contributed by atoms with Crippen molar-refractivity contribution in [2.45, 2.75) is 45.6 Å². The number of carbonyl (C=O) groups is 1. The van der Waals surface area contributed by atoms with E-state index in [1.165, 1.54) is 0 Å². The van der Waals surface area contributed by atoms with Gasteiger partial charge >= 0.3 is 5.97 Å². The SMILES string of the molecule is CCCC(C)(C)OC(=O)CCS(=O)O. The van der Waals surface area contributed by atoms with E-state index in [4.69, 9.17) is 9.29 Å². The molecule has 1 unspecified atom stereocenters. The van der Waals surface area contributed by atoms with Gasteiger partial charge in [0.2, 0.25) is 0 Å². The van der Waals surface area contributed by atoms with Gasteiger partial charge in [0.05, 0.1) is 12.2 Å². The molecular formula is C9H18O4S. The first-order valence-electron chi connectivity index (χ1n) is 4.66. The van der Waals surface area contributed by atoms with Crippen LogP contribution in [-0.2, 0) is 20.6 Å². The van der Waals surface area contributed by atoms with Crippen LogP contribution in [0, 0.1) is 0 Å². The lowest BCUT2D eigenvalue weighted by molar-refractivity contribution is -0.156. The Morgan fingerprint density at radius 2 is 2.07 bits per heavy atom.